The maximum absolute atomic E-state index is 14.5. The zero-order chi connectivity index (χ0) is 38.6. The molecule has 10 heteroatoms. The zero-order valence-electron chi connectivity index (χ0n) is 30.9. The van der Waals surface area contributed by atoms with Crippen molar-refractivity contribution in [3.05, 3.63) is 149 Å². The Hall–Kier alpha value is -6.44. The molecule has 7 rings (SSSR count). The molecule has 2 aliphatic rings. The quantitative estimate of drug-likeness (QED) is 0.150. The third-order valence-corrected chi connectivity index (χ3v) is 10.6. The van der Waals surface area contributed by atoms with Crippen LogP contribution in [0.1, 0.15) is 58.9 Å². The predicted molar refractivity (Wildman–Crippen MR) is 208 cm³/mol. The summed E-state index contributed by atoms with van der Waals surface area (Å²) in [5.41, 5.74) is 7.57. The minimum atomic E-state index is -0.934. The normalized spacial score (nSPS) is 17.5. The molecular formula is C45H42N4O6. The lowest BCUT2D eigenvalue weighted by molar-refractivity contribution is -0.146. The first-order valence-corrected chi connectivity index (χ1v) is 18.3. The number of amides is 2. The summed E-state index contributed by atoms with van der Waals surface area (Å²) in [4.78, 5) is 45.0. The van der Waals surface area contributed by atoms with Crippen LogP contribution in [0.15, 0.2) is 115 Å². The molecule has 4 atom stereocenters. The Morgan fingerprint density at radius 3 is 2.25 bits per heavy atom. The van der Waals surface area contributed by atoms with Crippen LogP contribution in [0.3, 0.4) is 0 Å². The molecule has 0 saturated carbocycles. The molecule has 0 bridgehead atoms. The van der Waals surface area contributed by atoms with Gasteiger partial charge in [-0.2, -0.15) is 5.26 Å². The maximum atomic E-state index is 14.5. The van der Waals surface area contributed by atoms with Gasteiger partial charge in [-0.15, -0.1) is 0 Å². The van der Waals surface area contributed by atoms with E-state index in [4.69, 9.17) is 14.7 Å². The molecule has 0 aliphatic carbocycles. The number of benzene rings is 5. The van der Waals surface area contributed by atoms with E-state index in [0.717, 1.165) is 39.8 Å². The standard InChI is InChI=1S/C45H42N4O6/c1-4-38(32-8-6-5-7-9-32)49-27-35-25-41-39(48(2)44(52)42(55-41)33-18-20-36(50)21-19-33)23-34(35)24-40(49)43(51)47-37(45(53)54-3)22-28-10-14-30(15-11-28)31-16-12-29(26-46)13-17-31/h5-21,23,25,37-38,40,42,50H,4,22,24,27H2,1-3H3,(H,47,51)/t37-,38-,40-,42-/m0/s1. The van der Waals surface area contributed by atoms with Crippen molar-refractivity contribution in [2.45, 2.75) is 57.0 Å². The fraction of sp³-hybridized carbons (Fsp3) is 0.244. The van der Waals surface area contributed by atoms with Gasteiger partial charge in [0.1, 0.15) is 17.5 Å². The lowest BCUT2D eigenvalue weighted by Crippen LogP contribution is -2.55. The third kappa shape index (κ3) is 7.66. The minimum Gasteiger partial charge on any atom is -0.508 e. The van der Waals surface area contributed by atoms with Gasteiger partial charge in [-0.1, -0.05) is 85.8 Å². The number of esters is 1. The largest absolute Gasteiger partial charge is 0.508 e. The van der Waals surface area contributed by atoms with Gasteiger partial charge in [-0.05, 0) is 82.6 Å². The van der Waals surface area contributed by atoms with Crippen LogP contribution >= 0.6 is 0 Å². The first kappa shape index (κ1) is 36.9. The number of likely N-dealkylation sites (N-methyl/N-ethyl adjacent to an activating group) is 1. The number of ether oxygens (including phenoxy) is 2. The average Bonchev–Trinajstić information content (AvgIpc) is 3.22. The van der Waals surface area contributed by atoms with Crippen LogP contribution in [-0.4, -0.2) is 54.0 Å². The lowest BCUT2D eigenvalue weighted by atomic mass is 9.88. The molecule has 5 aromatic rings. The molecule has 2 aliphatic heterocycles. The molecular weight excluding hydrogens is 693 g/mol. The first-order chi connectivity index (χ1) is 26.7. The minimum absolute atomic E-state index is 0.102. The van der Waals surface area contributed by atoms with Gasteiger partial charge in [0.25, 0.3) is 5.91 Å². The predicted octanol–water partition coefficient (Wildman–Crippen LogP) is 6.81. The Balaban J connectivity index is 1.17. The second-order valence-electron chi connectivity index (χ2n) is 14.0. The molecule has 0 spiro atoms. The second-order valence-corrected chi connectivity index (χ2v) is 14.0. The van der Waals surface area contributed by atoms with Crippen molar-refractivity contribution in [1.82, 2.24) is 10.2 Å². The van der Waals surface area contributed by atoms with Crippen molar-refractivity contribution >= 4 is 23.5 Å². The summed E-state index contributed by atoms with van der Waals surface area (Å²) < 4.78 is 11.5. The van der Waals surface area contributed by atoms with Gasteiger partial charge < -0.3 is 24.8 Å². The average molecular weight is 735 g/mol. The number of nitrogens with one attached hydrogen (secondary N) is 1. The van der Waals surface area contributed by atoms with E-state index in [1.54, 1.807) is 36.2 Å². The summed E-state index contributed by atoms with van der Waals surface area (Å²) in [6.07, 6.45) is 0.431. The number of methoxy groups -OCH3 is 1. The van der Waals surface area contributed by atoms with Crippen molar-refractivity contribution in [1.29, 1.82) is 5.26 Å². The zero-order valence-corrected chi connectivity index (χ0v) is 30.9. The molecule has 55 heavy (non-hydrogen) atoms. The summed E-state index contributed by atoms with van der Waals surface area (Å²) in [5, 5.41) is 22.0. The molecule has 0 saturated heterocycles. The number of phenolic OH excluding ortho intramolecular Hbond substituents is 1. The van der Waals surface area contributed by atoms with Gasteiger partial charge >= 0.3 is 5.97 Å². The highest BCUT2D eigenvalue weighted by Crippen LogP contribution is 2.43. The number of phenols is 1. The van der Waals surface area contributed by atoms with Crippen LogP contribution in [-0.2, 0) is 38.5 Å². The van der Waals surface area contributed by atoms with Gasteiger partial charge in [-0.3, -0.25) is 14.5 Å². The second kappa shape index (κ2) is 15.9. The number of fused-ring (bicyclic) bond motifs is 2. The molecule has 2 heterocycles. The first-order valence-electron chi connectivity index (χ1n) is 18.3. The topological polar surface area (TPSA) is 132 Å². The van der Waals surface area contributed by atoms with E-state index in [-0.39, 0.29) is 30.0 Å². The maximum Gasteiger partial charge on any atom is 0.328 e. The highest BCUT2D eigenvalue weighted by Gasteiger charge is 2.40. The molecule has 0 aromatic heterocycles. The molecule has 0 unspecified atom stereocenters. The van der Waals surface area contributed by atoms with E-state index in [1.807, 2.05) is 66.7 Å². The highest BCUT2D eigenvalue weighted by molar-refractivity contribution is 6.00. The number of rotatable bonds is 10. The SMILES string of the molecule is CC[C@@H](c1ccccc1)N1Cc2cc3c(cc2C[C@H]1C(=O)N[C@@H](Cc1ccc(-c2ccc(C#N)cc2)cc1)C(=O)OC)N(C)C(=O)[C@H](c1ccc(O)cc1)O3. The smallest absolute Gasteiger partial charge is 0.328 e. The monoisotopic (exact) mass is 734 g/mol. The van der Waals surface area contributed by atoms with Gasteiger partial charge in [0.2, 0.25) is 12.0 Å². The number of anilines is 1. The molecule has 278 valence electrons. The number of carbonyl (C=O) groups excluding carboxylic acids is 3. The highest BCUT2D eigenvalue weighted by atomic mass is 16.5. The molecule has 2 amide bonds. The summed E-state index contributed by atoms with van der Waals surface area (Å²) in [6, 6.07) is 36.0. The summed E-state index contributed by atoms with van der Waals surface area (Å²) in [6.45, 7) is 2.53. The van der Waals surface area contributed by atoms with Crippen LogP contribution in [0.5, 0.6) is 11.5 Å². The number of nitriles is 1. The van der Waals surface area contributed by atoms with E-state index < -0.39 is 24.2 Å². The van der Waals surface area contributed by atoms with Crippen molar-refractivity contribution < 1.29 is 29.0 Å². The van der Waals surface area contributed by atoms with Gasteiger partial charge in [0.15, 0.2) is 0 Å². The number of aromatic hydroxyl groups is 1. The Kier molecular flexibility index (Phi) is 10.7. The van der Waals surface area contributed by atoms with Crippen LogP contribution in [0.2, 0.25) is 0 Å². The summed E-state index contributed by atoms with van der Waals surface area (Å²) in [7, 11) is 3.03. The Labute approximate surface area is 320 Å². The van der Waals surface area contributed by atoms with E-state index in [2.05, 4.69) is 35.3 Å². The van der Waals surface area contributed by atoms with E-state index in [1.165, 1.54) is 19.2 Å². The fourth-order valence-electron chi connectivity index (χ4n) is 7.63. The van der Waals surface area contributed by atoms with Crippen molar-refractivity contribution in [2.75, 3.05) is 19.1 Å². The van der Waals surface area contributed by atoms with Crippen LogP contribution in [0.25, 0.3) is 11.1 Å². The Morgan fingerprint density at radius 2 is 1.62 bits per heavy atom. The van der Waals surface area contributed by atoms with Crippen LogP contribution in [0, 0.1) is 11.3 Å². The van der Waals surface area contributed by atoms with E-state index in [0.29, 0.717) is 35.5 Å². The molecule has 5 aromatic carbocycles. The Morgan fingerprint density at radius 1 is 0.945 bits per heavy atom. The molecule has 0 radical (unpaired) electrons. The van der Waals surface area contributed by atoms with Crippen molar-refractivity contribution in [2.24, 2.45) is 0 Å². The Bertz CT molecular complexity index is 2230. The fourth-order valence-corrected chi connectivity index (χ4v) is 7.63. The third-order valence-electron chi connectivity index (χ3n) is 10.6. The van der Waals surface area contributed by atoms with Crippen molar-refractivity contribution in [3.63, 3.8) is 0 Å². The number of hydrogen-bond acceptors (Lipinski definition) is 8. The summed E-state index contributed by atoms with van der Waals surface area (Å²) >= 11 is 0. The van der Waals surface area contributed by atoms with Gasteiger partial charge in [0.05, 0.1) is 30.5 Å². The van der Waals surface area contributed by atoms with Crippen LogP contribution in [0.4, 0.5) is 5.69 Å². The molecule has 10 nitrogen and oxygen atoms in total. The summed E-state index contributed by atoms with van der Waals surface area (Å²) in [5.74, 6) is -0.422. The van der Waals surface area contributed by atoms with Crippen molar-refractivity contribution in [3.8, 4) is 28.7 Å². The molecule has 0 fully saturated rings. The van der Waals surface area contributed by atoms with Gasteiger partial charge in [-0.25, -0.2) is 4.79 Å². The number of nitrogens with zero attached hydrogens (tertiary/aromatic N) is 3. The lowest BCUT2D eigenvalue weighted by Gasteiger charge is -2.42. The number of carbonyl (C=O) groups is 3. The van der Waals surface area contributed by atoms with E-state index in [9.17, 15) is 19.5 Å². The van der Waals surface area contributed by atoms with E-state index >= 15 is 0 Å². The van der Waals surface area contributed by atoms with Crippen LogP contribution < -0.4 is 15.0 Å². The number of hydrogen-bond donors (Lipinski definition) is 2. The van der Waals surface area contributed by atoms with Gasteiger partial charge in [0, 0.05) is 31.6 Å². The molecule has 2 N–H and O–H groups in total.